The molecule has 1 fully saturated rings. The summed E-state index contributed by atoms with van der Waals surface area (Å²) in [6.45, 7) is 3.06. The van der Waals surface area contributed by atoms with Crippen LogP contribution in [0.15, 0.2) is 48.7 Å². The van der Waals surface area contributed by atoms with Crippen molar-refractivity contribution in [1.82, 2.24) is 9.88 Å². The Bertz CT molecular complexity index is 561. The number of pyridine rings is 1. The second kappa shape index (κ2) is 6.11. The minimum Gasteiger partial charge on any atom is -0.369 e. The molecule has 20 heavy (non-hydrogen) atoms. The lowest BCUT2D eigenvalue weighted by molar-refractivity contribution is -0.0350. The minimum atomic E-state index is -0.183. The van der Waals surface area contributed by atoms with Gasteiger partial charge in [0.25, 0.3) is 0 Å². The van der Waals surface area contributed by atoms with E-state index in [4.69, 9.17) is 4.74 Å². The smallest absolute Gasteiger partial charge is 0.123 e. The van der Waals surface area contributed by atoms with Crippen LogP contribution in [0.2, 0.25) is 0 Å². The van der Waals surface area contributed by atoms with Gasteiger partial charge in [0.15, 0.2) is 0 Å². The van der Waals surface area contributed by atoms with E-state index in [1.807, 2.05) is 24.3 Å². The van der Waals surface area contributed by atoms with Gasteiger partial charge in [0.2, 0.25) is 0 Å². The van der Waals surface area contributed by atoms with Crippen molar-refractivity contribution in [2.24, 2.45) is 0 Å². The number of rotatable bonds is 3. The molecule has 1 aromatic heterocycles. The Balaban J connectivity index is 1.66. The Morgan fingerprint density at radius 1 is 1.25 bits per heavy atom. The minimum absolute atomic E-state index is 0.00138. The average Bonchev–Trinajstić information content (AvgIpc) is 2.48. The molecule has 0 amide bonds. The summed E-state index contributed by atoms with van der Waals surface area (Å²) in [5.41, 5.74) is 1.95. The molecular weight excluding hydrogens is 255 g/mol. The molecule has 1 atom stereocenters. The molecule has 3 nitrogen and oxygen atoms in total. The third-order valence-corrected chi connectivity index (χ3v) is 3.46. The second-order valence-corrected chi connectivity index (χ2v) is 4.98. The maximum Gasteiger partial charge on any atom is 0.123 e. The molecule has 2 heterocycles. The van der Waals surface area contributed by atoms with Gasteiger partial charge in [-0.1, -0.05) is 18.2 Å². The van der Waals surface area contributed by atoms with E-state index < -0.39 is 0 Å². The van der Waals surface area contributed by atoms with E-state index in [1.165, 1.54) is 6.07 Å². The van der Waals surface area contributed by atoms with Crippen molar-refractivity contribution < 1.29 is 9.13 Å². The molecule has 1 aliphatic heterocycles. The lowest BCUT2D eigenvalue weighted by atomic mass is 10.1. The van der Waals surface area contributed by atoms with Gasteiger partial charge in [-0.3, -0.25) is 9.88 Å². The van der Waals surface area contributed by atoms with Gasteiger partial charge in [-0.2, -0.15) is 0 Å². The molecule has 1 saturated heterocycles. The third kappa shape index (κ3) is 3.21. The molecule has 0 saturated carbocycles. The van der Waals surface area contributed by atoms with Gasteiger partial charge in [-0.05, 0) is 29.8 Å². The van der Waals surface area contributed by atoms with Crippen LogP contribution in [0.5, 0.6) is 0 Å². The molecule has 0 radical (unpaired) electrons. The summed E-state index contributed by atoms with van der Waals surface area (Å²) in [6.07, 6.45) is 1.78. The van der Waals surface area contributed by atoms with E-state index in [-0.39, 0.29) is 11.9 Å². The highest BCUT2D eigenvalue weighted by atomic mass is 19.1. The zero-order chi connectivity index (χ0) is 13.8. The van der Waals surface area contributed by atoms with Gasteiger partial charge < -0.3 is 4.74 Å². The summed E-state index contributed by atoms with van der Waals surface area (Å²) in [5.74, 6) is -0.183. The third-order valence-electron chi connectivity index (χ3n) is 3.46. The van der Waals surface area contributed by atoms with E-state index in [2.05, 4.69) is 9.88 Å². The predicted molar refractivity (Wildman–Crippen MR) is 74.6 cm³/mol. The number of nitrogens with zero attached hydrogens (tertiary/aromatic N) is 2. The molecular formula is C16H17FN2O. The maximum absolute atomic E-state index is 13.2. The van der Waals surface area contributed by atoms with Crippen LogP contribution in [0.4, 0.5) is 4.39 Å². The number of hydrogen-bond acceptors (Lipinski definition) is 3. The number of benzene rings is 1. The van der Waals surface area contributed by atoms with E-state index in [1.54, 1.807) is 18.3 Å². The van der Waals surface area contributed by atoms with E-state index in [0.29, 0.717) is 6.61 Å². The number of ether oxygens (including phenoxy) is 1. The van der Waals surface area contributed by atoms with Crippen LogP contribution in [-0.4, -0.2) is 29.6 Å². The molecule has 4 heteroatoms. The number of aromatic nitrogens is 1. The van der Waals surface area contributed by atoms with Crippen molar-refractivity contribution in [1.29, 1.82) is 0 Å². The van der Waals surface area contributed by atoms with Crippen LogP contribution in [0.25, 0.3) is 0 Å². The molecule has 0 aliphatic carbocycles. The first-order valence-corrected chi connectivity index (χ1v) is 6.80. The van der Waals surface area contributed by atoms with Crippen molar-refractivity contribution in [2.45, 2.75) is 12.6 Å². The van der Waals surface area contributed by atoms with Gasteiger partial charge in [0.1, 0.15) is 11.9 Å². The standard InChI is InChI=1S/C16H17FN2O/c17-14-5-3-4-13(10-14)11-19-8-9-20-16(12-19)15-6-1-2-7-18-15/h1-7,10,16H,8-9,11-12H2. The fourth-order valence-corrected chi connectivity index (χ4v) is 2.49. The van der Waals surface area contributed by atoms with E-state index in [9.17, 15) is 4.39 Å². The zero-order valence-electron chi connectivity index (χ0n) is 11.2. The number of morpholine rings is 1. The summed E-state index contributed by atoms with van der Waals surface area (Å²) in [5, 5.41) is 0. The highest BCUT2D eigenvalue weighted by Crippen LogP contribution is 2.21. The van der Waals surface area contributed by atoms with Crippen LogP contribution < -0.4 is 0 Å². The molecule has 2 aromatic rings. The Kier molecular flexibility index (Phi) is 4.04. The lowest BCUT2D eigenvalue weighted by Gasteiger charge is -2.32. The SMILES string of the molecule is Fc1cccc(CN2CCOC(c3ccccn3)C2)c1. The monoisotopic (exact) mass is 272 g/mol. The zero-order valence-corrected chi connectivity index (χ0v) is 11.2. The van der Waals surface area contributed by atoms with Crippen LogP contribution in [-0.2, 0) is 11.3 Å². The van der Waals surface area contributed by atoms with Gasteiger partial charge in [0.05, 0.1) is 12.3 Å². The Morgan fingerprint density at radius 2 is 2.20 bits per heavy atom. The second-order valence-electron chi connectivity index (χ2n) is 4.98. The normalized spacial score (nSPS) is 19.9. The maximum atomic E-state index is 13.2. The quantitative estimate of drug-likeness (QED) is 0.859. The lowest BCUT2D eigenvalue weighted by Crippen LogP contribution is -2.38. The topological polar surface area (TPSA) is 25.4 Å². The summed E-state index contributed by atoms with van der Waals surface area (Å²) in [6, 6.07) is 12.6. The molecule has 3 rings (SSSR count). The first-order valence-electron chi connectivity index (χ1n) is 6.80. The van der Waals surface area contributed by atoms with Crippen LogP contribution >= 0.6 is 0 Å². The Morgan fingerprint density at radius 3 is 3.00 bits per heavy atom. The first-order chi connectivity index (χ1) is 9.81. The molecule has 0 spiro atoms. The predicted octanol–water partition coefficient (Wildman–Crippen LogP) is 2.79. The van der Waals surface area contributed by atoms with Gasteiger partial charge in [-0.25, -0.2) is 4.39 Å². The van der Waals surface area contributed by atoms with Crippen molar-refractivity contribution in [3.8, 4) is 0 Å². The molecule has 1 aliphatic rings. The van der Waals surface area contributed by atoms with Crippen molar-refractivity contribution in [3.63, 3.8) is 0 Å². The van der Waals surface area contributed by atoms with Crippen molar-refractivity contribution in [3.05, 3.63) is 65.7 Å². The van der Waals surface area contributed by atoms with E-state index >= 15 is 0 Å². The van der Waals surface area contributed by atoms with Crippen LogP contribution in [0, 0.1) is 5.82 Å². The summed E-state index contributed by atoms with van der Waals surface area (Å²) in [7, 11) is 0. The summed E-state index contributed by atoms with van der Waals surface area (Å²) >= 11 is 0. The average molecular weight is 272 g/mol. The van der Waals surface area contributed by atoms with Crippen LogP contribution in [0.1, 0.15) is 17.4 Å². The van der Waals surface area contributed by atoms with Gasteiger partial charge in [0, 0.05) is 25.8 Å². The Hall–Kier alpha value is -1.78. The highest BCUT2D eigenvalue weighted by Gasteiger charge is 2.22. The molecule has 104 valence electrons. The van der Waals surface area contributed by atoms with Crippen LogP contribution in [0.3, 0.4) is 0 Å². The number of halogens is 1. The highest BCUT2D eigenvalue weighted by molar-refractivity contribution is 5.16. The van der Waals surface area contributed by atoms with Crippen molar-refractivity contribution >= 4 is 0 Å². The Labute approximate surface area is 118 Å². The van der Waals surface area contributed by atoms with Gasteiger partial charge in [-0.15, -0.1) is 0 Å². The molecule has 0 N–H and O–H groups in total. The number of hydrogen-bond donors (Lipinski definition) is 0. The molecule has 1 unspecified atom stereocenters. The first kappa shape index (κ1) is 13.2. The fourth-order valence-electron chi connectivity index (χ4n) is 2.49. The molecule has 1 aromatic carbocycles. The van der Waals surface area contributed by atoms with E-state index in [0.717, 1.165) is 30.9 Å². The summed E-state index contributed by atoms with van der Waals surface area (Å²) < 4.78 is 19.0. The van der Waals surface area contributed by atoms with Crippen molar-refractivity contribution in [2.75, 3.05) is 19.7 Å². The largest absolute Gasteiger partial charge is 0.369 e. The molecule has 0 bridgehead atoms. The fraction of sp³-hybridized carbons (Fsp3) is 0.312. The summed E-state index contributed by atoms with van der Waals surface area (Å²) in [4.78, 5) is 6.62. The van der Waals surface area contributed by atoms with Gasteiger partial charge >= 0.3 is 0 Å².